The van der Waals surface area contributed by atoms with Crippen LogP contribution in [0.2, 0.25) is 0 Å². The maximum atomic E-state index is 11.0. The molecule has 0 bridgehead atoms. The molecule has 1 rings (SSSR count). The van der Waals surface area contributed by atoms with Gasteiger partial charge in [-0.3, -0.25) is 9.59 Å². The Balaban J connectivity index is 2.66. The predicted molar refractivity (Wildman–Crippen MR) is 63.2 cm³/mol. The van der Waals surface area contributed by atoms with Gasteiger partial charge in [0.15, 0.2) is 6.10 Å². The van der Waals surface area contributed by atoms with Crippen LogP contribution in [0.5, 0.6) is 0 Å². The molecule has 0 aromatic rings. The largest absolute Gasteiger partial charge is 0.456 e. The summed E-state index contributed by atoms with van der Waals surface area (Å²) < 4.78 is 15.7. The minimum Gasteiger partial charge on any atom is -0.456 e. The highest BCUT2D eigenvalue weighted by molar-refractivity contribution is 5.67. The molecule has 0 aliphatic carbocycles. The van der Waals surface area contributed by atoms with Crippen molar-refractivity contribution < 1.29 is 23.8 Å². The second-order valence-electron chi connectivity index (χ2n) is 4.42. The van der Waals surface area contributed by atoms with Gasteiger partial charge in [0.25, 0.3) is 0 Å². The van der Waals surface area contributed by atoms with Crippen molar-refractivity contribution in [3.63, 3.8) is 0 Å². The Morgan fingerprint density at radius 1 is 1.39 bits per heavy atom. The third-order valence-corrected chi connectivity index (χ3v) is 2.75. The maximum absolute atomic E-state index is 11.0. The summed E-state index contributed by atoms with van der Waals surface area (Å²) >= 11 is 0. The van der Waals surface area contributed by atoms with E-state index in [2.05, 4.69) is 5.92 Å². The van der Waals surface area contributed by atoms with Crippen molar-refractivity contribution in [1.29, 1.82) is 0 Å². The number of hydrogen-bond acceptors (Lipinski definition) is 5. The molecule has 0 saturated carbocycles. The maximum Gasteiger partial charge on any atom is 0.305 e. The van der Waals surface area contributed by atoms with Crippen molar-refractivity contribution >= 4 is 11.9 Å². The van der Waals surface area contributed by atoms with Crippen LogP contribution in [0.15, 0.2) is 0 Å². The molecular weight excluding hydrogens is 236 g/mol. The Labute approximate surface area is 107 Å². The van der Waals surface area contributed by atoms with Gasteiger partial charge in [-0.1, -0.05) is 6.92 Å². The summed E-state index contributed by atoms with van der Waals surface area (Å²) in [6, 6.07) is 0. The summed E-state index contributed by atoms with van der Waals surface area (Å²) in [7, 11) is 0. The Kier molecular flexibility index (Phi) is 5.17. The molecular formula is C13H18O5. The molecule has 100 valence electrons. The molecule has 0 N–H and O–H groups in total. The first kappa shape index (κ1) is 14.5. The molecule has 0 radical (unpaired) electrons. The van der Waals surface area contributed by atoms with Crippen molar-refractivity contribution in [2.24, 2.45) is 5.92 Å². The first-order valence-electron chi connectivity index (χ1n) is 5.87. The predicted octanol–water partition coefficient (Wildman–Crippen LogP) is 1.26. The first-order chi connectivity index (χ1) is 8.43. The lowest BCUT2D eigenvalue weighted by molar-refractivity contribution is -0.196. The molecule has 4 atom stereocenters. The van der Waals surface area contributed by atoms with E-state index in [1.807, 2.05) is 6.92 Å². The van der Waals surface area contributed by atoms with Gasteiger partial charge in [-0.2, -0.15) is 0 Å². The smallest absolute Gasteiger partial charge is 0.305 e. The molecule has 0 amide bonds. The Morgan fingerprint density at radius 3 is 2.50 bits per heavy atom. The van der Waals surface area contributed by atoms with E-state index in [9.17, 15) is 9.59 Å². The van der Waals surface area contributed by atoms with E-state index in [0.717, 1.165) is 0 Å². The van der Waals surface area contributed by atoms with Crippen LogP contribution in [-0.2, 0) is 23.8 Å². The summed E-state index contributed by atoms with van der Waals surface area (Å²) in [5.41, 5.74) is 0. The number of terminal acetylenes is 1. The molecule has 5 heteroatoms. The lowest BCUT2D eigenvalue weighted by Crippen LogP contribution is -2.30. The zero-order valence-electron chi connectivity index (χ0n) is 10.8. The zero-order chi connectivity index (χ0) is 13.7. The van der Waals surface area contributed by atoms with Gasteiger partial charge in [-0.05, 0) is 5.92 Å². The Hall–Kier alpha value is -1.54. The zero-order valence-corrected chi connectivity index (χ0v) is 10.8. The van der Waals surface area contributed by atoms with Gasteiger partial charge >= 0.3 is 11.9 Å². The second kappa shape index (κ2) is 6.41. The Bertz CT molecular complexity index is 333. The molecule has 5 nitrogen and oxygen atoms in total. The number of carbonyl (C=O) groups excluding carboxylic acids is 2. The third kappa shape index (κ3) is 4.04. The minimum absolute atomic E-state index is 0.119. The van der Waals surface area contributed by atoms with Gasteiger partial charge in [0.05, 0.1) is 6.10 Å². The minimum atomic E-state index is -0.836. The highest BCUT2D eigenvalue weighted by Crippen LogP contribution is 2.30. The third-order valence-electron chi connectivity index (χ3n) is 2.75. The van der Waals surface area contributed by atoms with Crippen LogP contribution in [-0.4, -0.2) is 30.4 Å². The lowest BCUT2D eigenvalue weighted by atomic mass is 9.98. The normalized spacial score (nSPS) is 28.2. The monoisotopic (exact) mass is 254 g/mol. The van der Waals surface area contributed by atoms with E-state index >= 15 is 0 Å². The molecule has 1 fully saturated rings. The molecule has 1 aliphatic rings. The van der Waals surface area contributed by atoms with Crippen molar-refractivity contribution in [2.75, 3.05) is 0 Å². The van der Waals surface area contributed by atoms with Gasteiger partial charge in [0.2, 0.25) is 6.29 Å². The van der Waals surface area contributed by atoms with E-state index < -0.39 is 24.3 Å². The Morgan fingerprint density at radius 2 is 2.00 bits per heavy atom. The van der Waals surface area contributed by atoms with E-state index in [1.54, 1.807) is 0 Å². The van der Waals surface area contributed by atoms with Crippen LogP contribution >= 0.6 is 0 Å². The first-order valence-corrected chi connectivity index (χ1v) is 5.87. The summed E-state index contributed by atoms with van der Waals surface area (Å²) in [5, 5.41) is 0. The average Bonchev–Trinajstić information content (AvgIpc) is 2.60. The van der Waals surface area contributed by atoms with Crippen LogP contribution in [0.25, 0.3) is 0 Å². The second-order valence-corrected chi connectivity index (χ2v) is 4.42. The fourth-order valence-corrected chi connectivity index (χ4v) is 1.92. The summed E-state index contributed by atoms with van der Waals surface area (Å²) in [4.78, 5) is 21.9. The van der Waals surface area contributed by atoms with Crippen LogP contribution in [0.4, 0.5) is 0 Å². The summed E-state index contributed by atoms with van der Waals surface area (Å²) in [5.74, 6) is 1.78. The van der Waals surface area contributed by atoms with Gasteiger partial charge in [0.1, 0.15) is 0 Å². The SMILES string of the molecule is C#CC[C@H](C)[C@@H]1C[C@@H](OC(C)=O)C(OC(C)=O)O1. The van der Waals surface area contributed by atoms with E-state index in [-0.39, 0.29) is 12.0 Å². The molecule has 1 aliphatic heterocycles. The van der Waals surface area contributed by atoms with Gasteiger partial charge in [0, 0.05) is 26.7 Å². The fourth-order valence-electron chi connectivity index (χ4n) is 1.92. The summed E-state index contributed by atoms with van der Waals surface area (Å²) in [6.07, 6.45) is 4.73. The number of rotatable bonds is 4. The van der Waals surface area contributed by atoms with Crippen molar-refractivity contribution in [2.45, 2.75) is 52.1 Å². The summed E-state index contributed by atoms with van der Waals surface area (Å²) in [6.45, 7) is 4.54. The molecule has 18 heavy (non-hydrogen) atoms. The molecule has 1 saturated heterocycles. The standard InChI is InChI=1S/C13H18O5/c1-5-6-8(2)11-7-12(16-9(3)14)13(18-11)17-10(4)15/h1,8,11-13H,6-7H2,2-4H3/t8-,11-,12+,13?/m0/s1. The fraction of sp³-hybridized carbons (Fsp3) is 0.692. The molecule has 0 aromatic carbocycles. The molecule has 0 spiro atoms. The molecule has 0 aromatic heterocycles. The molecule has 1 unspecified atom stereocenters. The van der Waals surface area contributed by atoms with Crippen LogP contribution in [0.3, 0.4) is 0 Å². The number of esters is 2. The highest BCUT2D eigenvalue weighted by Gasteiger charge is 2.41. The van der Waals surface area contributed by atoms with E-state index in [0.29, 0.717) is 12.8 Å². The number of ether oxygens (including phenoxy) is 3. The molecule has 1 heterocycles. The van der Waals surface area contributed by atoms with Crippen molar-refractivity contribution in [3.05, 3.63) is 0 Å². The van der Waals surface area contributed by atoms with E-state index in [1.165, 1.54) is 13.8 Å². The quantitative estimate of drug-likeness (QED) is 0.558. The van der Waals surface area contributed by atoms with Crippen molar-refractivity contribution in [3.8, 4) is 12.3 Å². The topological polar surface area (TPSA) is 61.8 Å². The van der Waals surface area contributed by atoms with Gasteiger partial charge in [-0.15, -0.1) is 12.3 Å². The highest BCUT2D eigenvalue weighted by atomic mass is 16.7. The lowest BCUT2D eigenvalue weighted by Gasteiger charge is -2.18. The van der Waals surface area contributed by atoms with E-state index in [4.69, 9.17) is 20.6 Å². The number of hydrogen-bond donors (Lipinski definition) is 0. The number of carbonyl (C=O) groups is 2. The van der Waals surface area contributed by atoms with Gasteiger partial charge < -0.3 is 14.2 Å². The van der Waals surface area contributed by atoms with Crippen LogP contribution in [0, 0.1) is 18.3 Å². The van der Waals surface area contributed by atoms with Crippen molar-refractivity contribution in [1.82, 2.24) is 0 Å². The van der Waals surface area contributed by atoms with Crippen LogP contribution in [0.1, 0.15) is 33.6 Å². The van der Waals surface area contributed by atoms with Crippen LogP contribution < -0.4 is 0 Å². The average molecular weight is 254 g/mol. The van der Waals surface area contributed by atoms with Gasteiger partial charge in [-0.25, -0.2) is 0 Å².